The Balaban J connectivity index is 2.90. The summed E-state index contributed by atoms with van der Waals surface area (Å²) < 4.78 is 4.91. The minimum atomic E-state index is -1.09. The van der Waals surface area contributed by atoms with Gasteiger partial charge in [-0.15, -0.1) is 0 Å². The quantitative estimate of drug-likeness (QED) is 0.640. The Labute approximate surface area is 113 Å². The number of esters is 1. The molecule has 3 N–H and O–H groups in total. The van der Waals surface area contributed by atoms with Gasteiger partial charge in [0.2, 0.25) is 0 Å². The molecule has 1 rings (SSSR count). The van der Waals surface area contributed by atoms with Gasteiger partial charge >= 0.3 is 5.97 Å². The van der Waals surface area contributed by atoms with Crippen molar-refractivity contribution in [1.82, 2.24) is 5.32 Å². The summed E-state index contributed by atoms with van der Waals surface area (Å²) in [6.07, 6.45) is 0. The van der Waals surface area contributed by atoms with Gasteiger partial charge in [-0.05, 0) is 39.8 Å². The Kier molecular flexibility index (Phi) is 4.53. The van der Waals surface area contributed by atoms with Crippen LogP contribution in [0.15, 0.2) is 18.2 Å². The van der Waals surface area contributed by atoms with Gasteiger partial charge in [-0.25, -0.2) is 4.79 Å². The lowest BCUT2D eigenvalue weighted by molar-refractivity contribution is -0.149. The first-order valence-electron chi connectivity index (χ1n) is 6.13. The Bertz CT molecular complexity index is 495. The molecule has 0 bridgehead atoms. The number of hydrogen-bond donors (Lipinski definition) is 2. The van der Waals surface area contributed by atoms with Crippen molar-refractivity contribution in [2.75, 3.05) is 12.3 Å². The maximum atomic E-state index is 12.1. The lowest BCUT2D eigenvalue weighted by Gasteiger charge is -2.24. The van der Waals surface area contributed by atoms with Gasteiger partial charge in [0.15, 0.2) is 0 Å². The first kappa shape index (κ1) is 15.0. The monoisotopic (exact) mass is 264 g/mol. The minimum Gasteiger partial charge on any atom is -0.464 e. The van der Waals surface area contributed by atoms with Crippen LogP contribution in [-0.2, 0) is 9.53 Å². The molecular formula is C14H20N2O3. The number of nitrogens with two attached hydrogens (primary N) is 1. The number of benzene rings is 1. The molecular weight excluding hydrogens is 244 g/mol. The van der Waals surface area contributed by atoms with Crippen LogP contribution in [-0.4, -0.2) is 24.0 Å². The topological polar surface area (TPSA) is 81.4 Å². The summed E-state index contributed by atoms with van der Waals surface area (Å²) in [5, 5.41) is 2.63. The molecule has 0 radical (unpaired) electrons. The summed E-state index contributed by atoms with van der Waals surface area (Å²) in [6.45, 7) is 7.04. The molecule has 1 aromatic carbocycles. The summed E-state index contributed by atoms with van der Waals surface area (Å²) in [4.78, 5) is 23.9. The number of carbonyl (C=O) groups excluding carboxylic acids is 2. The number of ether oxygens (including phenoxy) is 1. The summed E-state index contributed by atoms with van der Waals surface area (Å²) >= 11 is 0. The number of amides is 1. The second-order valence-electron chi connectivity index (χ2n) is 4.89. The molecule has 0 heterocycles. The third-order valence-electron chi connectivity index (χ3n) is 2.67. The van der Waals surface area contributed by atoms with Crippen LogP contribution in [0.4, 0.5) is 5.69 Å². The van der Waals surface area contributed by atoms with E-state index >= 15 is 0 Å². The van der Waals surface area contributed by atoms with Gasteiger partial charge in [-0.2, -0.15) is 0 Å². The first-order valence-corrected chi connectivity index (χ1v) is 6.13. The summed E-state index contributed by atoms with van der Waals surface area (Å²) in [5.41, 5.74) is 6.33. The van der Waals surface area contributed by atoms with E-state index in [1.54, 1.807) is 32.9 Å². The predicted octanol–water partition coefficient (Wildman–Crippen LogP) is 1.65. The first-order chi connectivity index (χ1) is 8.77. The van der Waals surface area contributed by atoms with E-state index in [-0.39, 0.29) is 12.5 Å². The molecule has 0 saturated carbocycles. The van der Waals surface area contributed by atoms with E-state index < -0.39 is 11.5 Å². The molecule has 1 aromatic rings. The number of anilines is 1. The van der Waals surface area contributed by atoms with Crippen LogP contribution in [0.2, 0.25) is 0 Å². The molecule has 0 unspecified atom stereocenters. The zero-order valence-corrected chi connectivity index (χ0v) is 11.7. The number of nitrogens with one attached hydrogen (secondary N) is 1. The fraction of sp³-hybridized carbons (Fsp3) is 0.429. The van der Waals surface area contributed by atoms with Crippen molar-refractivity contribution in [2.45, 2.75) is 33.2 Å². The Morgan fingerprint density at radius 1 is 1.37 bits per heavy atom. The van der Waals surface area contributed by atoms with Gasteiger partial charge in [-0.3, -0.25) is 4.79 Å². The fourth-order valence-corrected chi connectivity index (χ4v) is 1.58. The van der Waals surface area contributed by atoms with Gasteiger partial charge in [0.05, 0.1) is 12.2 Å². The molecule has 0 spiro atoms. The Hall–Kier alpha value is -2.04. The van der Waals surface area contributed by atoms with Gasteiger partial charge in [0, 0.05) is 5.69 Å². The van der Waals surface area contributed by atoms with Crippen molar-refractivity contribution in [2.24, 2.45) is 0 Å². The molecule has 0 saturated heterocycles. The third-order valence-corrected chi connectivity index (χ3v) is 2.67. The zero-order valence-electron chi connectivity index (χ0n) is 11.7. The number of nitrogen functional groups attached to an aromatic ring is 1. The standard InChI is InChI=1S/C14H20N2O3/c1-5-19-13(18)14(3,4)16-12(17)10-8-9(2)6-7-11(10)15/h6-8H,5,15H2,1-4H3,(H,16,17). The maximum Gasteiger partial charge on any atom is 0.331 e. The molecule has 104 valence electrons. The normalized spacial score (nSPS) is 10.9. The highest BCUT2D eigenvalue weighted by Crippen LogP contribution is 2.15. The van der Waals surface area contributed by atoms with E-state index in [1.165, 1.54) is 0 Å². The molecule has 1 amide bonds. The minimum absolute atomic E-state index is 0.269. The van der Waals surface area contributed by atoms with Crippen LogP contribution in [0.5, 0.6) is 0 Å². The molecule has 0 aromatic heterocycles. The van der Waals surface area contributed by atoms with E-state index in [0.29, 0.717) is 11.3 Å². The fourth-order valence-electron chi connectivity index (χ4n) is 1.58. The highest BCUT2D eigenvalue weighted by Gasteiger charge is 2.31. The summed E-state index contributed by atoms with van der Waals surface area (Å²) in [6, 6.07) is 5.18. The van der Waals surface area contributed by atoms with Crippen LogP contribution in [0, 0.1) is 6.92 Å². The number of rotatable bonds is 4. The molecule has 0 fully saturated rings. The summed E-state index contributed by atoms with van der Waals surface area (Å²) in [5.74, 6) is -0.867. The van der Waals surface area contributed by atoms with Crippen molar-refractivity contribution < 1.29 is 14.3 Å². The largest absolute Gasteiger partial charge is 0.464 e. The lowest BCUT2D eigenvalue weighted by Crippen LogP contribution is -2.50. The third kappa shape index (κ3) is 3.71. The molecule has 5 heteroatoms. The Morgan fingerprint density at radius 2 is 2.00 bits per heavy atom. The van der Waals surface area contributed by atoms with Crippen LogP contribution in [0.3, 0.4) is 0 Å². The smallest absolute Gasteiger partial charge is 0.331 e. The van der Waals surface area contributed by atoms with Crippen molar-refractivity contribution in [3.63, 3.8) is 0 Å². The van der Waals surface area contributed by atoms with E-state index in [9.17, 15) is 9.59 Å². The molecule has 0 aliphatic heterocycles. The van der Waals surface area contributed by atoms with E-state index in [1.807, 2.05) is 13.0 Å². The second kappa shape index (κ2) is 5.73. The highest BCUT2D eigenvalue weighted by atomic mass is 16.5. The maximum absolute atomic E-state index is 12.1. The van der Waals surface area contributed by atoms with Crippen LogP contribution in [0.25, 0.3) is 0 Å². The van der Waals surface area contributed by atoms with Crippen molar-refractivity contribution in [1.29, 1.82) is 0 Å². The van der Waals surface area contributed by atoms with Crippen molar-refractivity contribution in [3.05, 3.63) is 29.3 Å². The van der Waals surface area contributed by atoms with Crippen molar-refractivity contribution in [3.8, 4) is 0 Å². The molecule has 0 aliphatic carbocycles. The SMILES string of the molecule is CCOC(=O)C(C)(C)NC(=O)c1cc(C)ccc1N. The molecule has 19 heavy (non-hydrogen) atoms. The Morgan fingerprint density at radius 3 is 2.58 bits per heavy atom. The number of hydrogen-bond acceptors (Lipinski definition) is 4. The van der Waals surface area contributed by atoms with E-state index in [4.69, 9.17) is 10.5 Å². The summed E-state index contributed by atoms with van der Waals surface area (Å²) in [7, 11) is 0. The predicted molar refractivity (Wildman–Crippen MR) is 73.8 cm³/mol. The van der Waals surface area contributed by atoms with Gasteiger partial charge in [0.1, 0.15) is 5.54 Å². The van der Waals surface area contributed by atoms with E-state index in [2.05, 4.69) is 5.32 Å². The second-order valence-corrected chi connectivity index (χ2v) is 4.89. The van der Waals surface area contributed by atoms with Gasteiger partial charge in [0.25, 0.3) is 5.91 Å². The molecule has 0 aliphatic rings. The highest BCUT2D eigenvalue weighted by molar-refractivity contribution is 6.01. The average molecular weight is 264 g/mol. The average Bonchev–Trinajstić information content (AvgIpc) is 2.32. The van der Waals surface area contributed by atoms with Gasteiger partial charge in [-0.1, -0.05) is 11.6 Å². The number of carbonyl (C=O) groups is 2. The van der Waals surface area contributed by atoms with Crippen molar-refractivity contribution >= 4 is 17.6 Å². The van der Waals surface area contributed by atoms with Crippen LogP contribution < -0.4 is 11.1 Å². The zero-order chi connectivity index (χ0) is 14.6. The molecule has 0 atom stereocenters. The van der Waals surface area contributed by atoms with Crippen LogP contribution in [0.1, 0.15) is 36.7 Å². The number of aryl methyl sites for hydroxylation is 1. The van der Waals surface area contributed by atoms with Crippen LogP contribution >= 0.6 is 0 Å². The van der Waals surface area contributed by atoms with E-state index in [0.717, 1.165) is 5.56 Å². The lowest BCUT2D eigenvalue weighted by atomic mass is 10.0. The molecule has 5 nitrogen and oxygen atoms in total. The van der Waals surface area contributed by atoms with Gasteiger partial charge < -0.3 is 15.8 Å².